The van der Waals surface area contributed by atoms with Crippen molar-refractivity contribution in [1.29, 1.82) is 0 Å². The molecule has 0 aromatic rings. The Morgan fingerprint density at radius 3 is 1.22 bits per heavy atom. The Labute approximate surface area is 242 Å². The van der Waals surface area contributed by atoms with Gasteiger partial charge in [-0.15, -0.1) is 0 Å². The molecule has 0 aromatic carbocycles. The Morgan fingerprint density at radius 1 is 0.583 bits per heavy atom. The van der Waals surface area contributed by atoms with E-state index in [0.29, 0.717) is 6.61 Å². The summed E-state index contributed by atoms with van der Waals surface area (Å²) < 4.78 is 39.4. The standard InChI is InChI=1S/C27H50O7S.Na/c1-2-3-4-5-6-7-8-9-10-11-12-13-14-15-16-17-18-19-23-33-26(28)21-22-27(29)34-24-20-25-35(30,31)32;/h21-22H,2-20,23-25H2,1H3,(H,30,31,32);. The fraction of sp³-hybridized carbons (Fsp3) is 0.852. The second-order valence-corrected chi connectivity index (χ2v) is 10.9. The minimum Gasteiger partial charge on any atom is -0.463 e. The van der Waals surface area contributed by atoms with Gasteiger partial charge in [0.1, 0.15) is 0 Å². The van der Waals surface area contributed by atoms with Gasteiger partial charge in [-0.2, -0.15) is 8.42 Å². The third kappa shape index (κ3) is 31.6. The first-order valence-corrected chi connectivity index (χ1v) is 15.4. The second-order valence-electron chi connectivity index (χ2n) is 9.32. The van der Waals surface area contributed by atoms with Crippen LogP contribution >= 0.6 is 0 Å². The smallest absolute Gasteiger partial charge is 0.331 e. The van der Waals surface area contributed by atoms with Crippen LogP contribution in [-0.4, -0.2) is 73.4 Å². The zero-order chi connectivity index (χ0) is 26.0. The van der Waals surface area contributed by atoms with Gasteiger partial charge in [-0.05, 0) is 12.8 Å². The van der Waals surface area contributed by atoms with Crippen molar-refractivity contribution < 1.29 is 32.0 Å². The van der Waals surface area contributed by atoms with Gasteiger partial charge < -0.3 is 9.47 Å². The van der Waals surface area contributed by atoms with Crippen LogP contribution in [0.5, 0.6) is 0 Å². The molecule has 0 rings (SSSR count). The summed E-state index contributed by atoms with van der Waals surface area (Å²) in [6.45, 7) is 2.43. The van der Waals surface area contributed by atoms with E-state index in [1.54, 1.807) is 0 Å². The van der Waals surface area contributed by atoms with Crippen LogP contribution in [0.4, 0.5) is 0 Å². The topological polar surface area (TPSA) is 107 Å². The molecule has 0 spiro atoms. The van der Waals surface area contributed by atoms with E-state index in [2.05, 4.69) is 6.92 Å². The van der Waals surface area contributed by atoms with Gasteiger partial charge in [0.15, 0.2) is 0 Å². The van der Waals surface area contributed by atoms with E-state index in [1.165, 1.54) is 96.3 Å². The van der Waals surface area contributed by atoms with E-state index >= 15 is 0 Å². The number of rotatable bonds is 25. The fourth-order valence-corrected chi connectivity index (χ4v) is 4.31. The summed E-state index contributed by atoms with van der Waals surface area (Å²) in [6.07, 6.45) is 25.4. The Hall–Kier alpha value is -0.410. The van der Waals surface area contributed by atoms with Gasteiger partial charge in [0.2, 0.25) is 0 Å². The number of carbonyl (C=O) groups excluding carboxylic acids is 2. The van der Waals surface area contributed by atoms with Gasteiger partial charge in [-0.25, -0.2) is 9.59 Å². The molecule has 1 radical (unpaired) electrons. The SMILES string of the molecule is CCCCCCCCCCCCCCCCCCCCOC(=O)C=CC(=O)OCCCS(=O)(=O)O.[Na]. The largest absolute Gasteiger partial charge is 0.463 e. The summed E-state index contributed by atoms with van der Waals surface area (Å²) in [7, 11) is -4.06. The summed E-state index contributed by atoms with van der Waals surface area (Å²) in [5.74, 6) is -1.84. The molecule has 0 amide bonds. The van der Waals surface area contributed by atoms with Gasteiger partial charge in [-0.1, -0.05) is 116 Å². The molecule has 1 N–H and O–H groups in total. The third-order valence-electron chi connectivity index (χ3n) is 5.89. The van der Waals surface area contributed by atoms with Gasteiger partial charge >= 0.3 is 11.9 Å². The first-order valence-electron chi connectivity index (χ1n) is 13.8. The van der Waals surface area contributed by atoms with Crippen LogP contribution in [0.25, 0.3) is 0 Å². The molecule has 0 aliphatic carbocycles. The number of unbranched alkanes of at least 4 members (excludes halogenated alkanes) is 17. The monoisotopic (exact) mass is 541 g/mol. The molecule has 0 unspecified atom stereocenters. The Balaban J connectivity index is 0. The van der Waals surface area contributed by atoms with E-state index < -0.39 is 27.8 Å². The molecule has 0 saturated carbocycles. The maximum atomic E-state index is 11.6. The van der Waals surface area contributed by atoms with Crippen molar-refractivity contribution in [2.45, 2.75) is 129 Å². The van der Waals surface area contributed by atoms with Crippen LogP contribution in [0.2, 0.25) is 0 Å². The molecule has 0 atom stereocenters. The van der Waals surface area contributed by atoms with Crippen molar-refractivity contribution >= 4 is 51.6 Å². The molecular formula is C27H50NaO7S. The molecule has 9 heteroatoms. The maximum Gasteiger partial charge on any atom is 0.331 e. The third-order valence-corrected chi connectivity index (χ3v) is 6.69. The van der Waals surface area contributed by atoms with E-state index in [1.807, 2.05) is 0 Å². The molecule has 0 aromatic heterocycles. The van der Waals surface area contributed by atoms with Crippen LogP contribution in [0, 0.1) is 0 Å². The molecule has 0 aliphatic heterocycles. The summed E-state index contributed by atoms with van der Waals surface area (Å²) in [5.41, 5.74) is 0. The molecule has 0 fully saturated rings. The number of carbonyl (C=O) groups is 2. The van der Waals surface area contributed by atoms with Crippen LogP contribution in [0.3, 0.4) is 0 Å². The van der Waals surface area contributed by atoms with E-state index in [0.717, 1.165) is 31.4 Å². The molecule has 0 bridgehead atoms. The predicted molar refractivity (Wildman–Crippen MR) is 147 cm³/mol. The van der Waals surface area contributed by atoms with Gasteiger partial charge in [0.05, 0.1) is 19.0 Å². The molecular weight excluding hydrogens is 491 g/mol. The first kappa shape index (κ1) is 37.7. The molecule has 0 aliphatic rings. The summed E-state index contributed by atoms with van der Waals surface area (Å²) in [4.78, 5) is 23.0. The summed E-state index contributed by atoms with van der Waals surface area (Å²) >= 11 is 0. The van der Waals surface area contributed by atoms with Crippen molar-refractivity contribution in [1.82, 2.24) is 0 Å². The number of hydrogen-bond donors (Lipinski definition) is 1. The average Bonchev–Trinajstić information content (AvgIpc) is 2.81. The van der Waals surface area contributed by atoms with Crippen LogP contribution < -0.4 is 0 Å². The van der Waals surface area contributed by atoms with Crippen molar-refractivity contribution in [2.75, 3.05) is 19.0 Å². The van der Waals surface area contributed by atoms with Crippen molar-refractivity contribution in [3.05, 3.63) is 12.2 Å². The Bertz CT molecular complexity index is 651. The van der Waals surface area contributed by atoms with E-state index in [4.69, 9.17) is 14.0 Å². The maximum absolute atomic E-state index is 11.6. The number of esters is 2. The minimum atomic E-state index is -4.06. The van der Waals surface area contributed by atoms with Crippen molar-refractivity contribution in [2.24, 2.45) is 0 Å². The molecule has 0 saturated heterocycles. The molecule has 0 heterocycles. The van der Waals surface area contributed by atoms with Crippen molar-refractivity contribution in [3.8, 4) is 0 Å². The number of ether oxygens (including phenoxy) is 2. The fourth-order valence-electron chi connectivity index (χ4n) is 3.82. The molecule has 207 valence electrons. The van der Waals surface area contributed by atoms with Crippen molar-refractivity contribution in [3.63, 3.8) is 0 Å². The van der Waals surface area contributed by atoms with Gasteiger partial charge in [0, 0.05) is 41.7 Å². The van der Waals surface area contributed by atoms with Crippen LogP contribution in [0.15, 0.2) is 12.2 Å². The second kappa shape index (κ2) is 27.6. The number of hydrogen-bond acceptors (Lipinski definition) is 6. The normalized spacial score (nSPS) is 11.4. The van der Waals surface area contributed by atoms with Gasteiger partial charge in [-0.3, -0.25) is 4.55 Å². The Morgan fingerprint density at radius 2 is 0.889 bits per heavy atom. The van der Waals surface area contributed by atoms with E-state index in [-0.39, 0.29) is 42.6 Å². The van der Waals surface area contributed by atoms with Gasteiger partial charge in [0.25, 0.3) is 10.1 Å². The predicted octanol–water partition coefficient (Wildman–Crippen LogP) is 6.57. The first-order chi connectivity index (χ1) is 16.8. The van der Waals surface area contributed by atoms with Crippen LogP contribution in [0.1, 0.15) is 129 Å². The molecule has 7 nitrogen and oxygen atoms in total. The average molecular weight is 542 g/mol. The Kier molecular flexibility index (Phi) is 29.0. The quantitative estimate of drug-likeness (QED) is 0.0458. The van der Waals surface area contributed by atoms with E-state index in [9.17, 15) is 18.0 Å². The minimum absolute atomic E-state index is 0. The molecule has 36 heavy (non-hydrogen) atoms. The zero-order valence-electron chi connectivity index (χ0n) is 23.0. The summed E-state index contributed by atoms with van der Waals surface area (Å²) in [6, 6.07) is 0. The van der Waals surface area contributed by atoms with Crippen LogP contribution in [-0.2, 0) is 29.2 Å². The zero-order valence-corrected chi connectivity index (χ0v) is 25.8. The summed E-state index contributed by atoms with van der Waals surface area (Å²) in [5, 5.41) is 0.